The van der Waals surface area contributed by atoms with Crippen LogP contribution in [0.15, 0.2) is 30.3 Å². The van der Waals surface area contributed by atoms with Crippen molar-refractivity contribution in [2.24, 2.45) is 0 Å². The Kier molecular flexibility index (Phi) is 5.51. The zero-order valence-electron chi connectivity index (χ0n) is 11.5. The molecule has 0 aliphatic carbocycles. The number of hydrogen-bond donors (Lipinski definition) is 4. The molecule has 1 unspecified atom stereocenters. The van der Waals surface area contributed by atoms with Crippen molar-refractivity contribution in [2.45, 2.75) is 37.2 Å². The maximum Gasteiger partial charge on any atom is 0.109 e. The molecular formula is C15H23NO4. The van der Waals surface area contributed by atoms with E-state index in [0.717, 1.165) is 12.8 Å². The van der Waals surface area contributed by atoms with Crippen LogP contribution in [-0.2, 0) is 6.42 Å². The van der Waals surface area contributed by atoms with Gasteiger partial charge in [-0.3, -0.25) is 4.90 Å². The summed E-state index contributed by atoms with van der Waals surface area (Å²) in [7, 11) is 0. The fourth-order valence-electron chi connectivity index (χ4n) is 2.77. The van der Waals surface area contributed by atoms with Crippen LogP contribution in [0.25, 0.3) is 0 Å². The van der Waals surface area contributed by atoms with Crippen LogP contribution in [0.4, 0.5) is 0 Å². The summed E-state index contributed by atoms with van der Waals surface area (Å²) in [6, 6.07) is 9.58. The quantitative estimate of drug-likeness (QED) is 0.578. The molecule has 0 bridgehead atoms. The smallest absolute Gasteiger partial charge is 0.109 e. The monoisotopic (exact) mass is 281 g/mol. The lowest BCUT2D eigenvalue weighted by atomic mass is 9.94. The molecule has 112 valence electrons. The molecule has 0 radical (unpaired) electrons. The van der Waals surface area contributed by atoms with E-state index in [2.05, 4.69) is 12.1 Å². The number of likely N-dealkylation sites (tertiary alicyclic amines) is 1. The van der Waals surface area contributed by atoms with Gasteiger partial charge in [-0.25, -0.2) is 0 Å². The minimum atomic E-state index is -1.18. The lowest BCUT2D eigenvalue weighted by Crippen LogP contribution is -2.62. The Bertz CT molecular complexity index is 400. The van der Waals surface area contributed by atoms with Crippen molar-refractivity contribution in [1.29, 1.82) is 0 Å². The van der Waals surface area contributed by atoms with Crippen LogP contribution in [0.1, 0.15) is 12.0 Å². The van der Waals surface area contributed by atoms with Crippen molar-refractivity contribution in [3.63, 3.8) is 0 Å². The number of nitrogens with zero attached hydrogens (tertiary/aromatic N) is 1. The van der Waals surface area contributed by atoms with E-state index in [4.69, 9.17) is 0 Å². The third-order valence-electron chi connectivity index (χ3n) is 3.97. The summed E-state index contributed by atoms with van der Waals surface area (Å²) in [6.45, 7) is 0.718. The molecule has 4 N–H and O–H groups in total. The van der Waals surface area contributed by atoms with Gasteiger partial charge in [-0.05, 0) is 24.9 Å². The van der Waals surface area contributed by atoms with Crippen LogP contribution in [0.5, 0.6) is 0 Å². The van der Waals surface area contributed by atoms with Gasteiger partial charge in [-0.1, -0.05) is 30.3 Å². The molecule has 0 saturated carbocycles. The van der Waals surface area contributed by atoms with E-state index in [-0.39, 0.29) is 13.2 Å². The van der Waals surface area contributed by atoms with Crippen molar-refractivity contribution in [1.82, 2.24) is 4.90 Å². The van der Waals surface area contributed by atoms with E-state index in [1.165, 1.54) is 5.56 Å². The average Bonchev–Trinajstić information content (AvgIpc) is 2.46. The van der Waals surface area contributed by atoms with Crippen LogP contribution in [0, 0.1) is 0 Å². The highest BCUT2D eigenvalue weighted by atomic mass is 16.4. The first-order chi connectivity index (χ1) is 9.63. The van der Waals surface area contributed by atoms with E-state index >= 15 is 0 Å². The van der Waals surface area contributed by atoms with Crippen molar-refractivity contribution >= 4 is 0 Å². The second-order valence-corrected chi connectivity index (χ2v) is 5.38. The Balaban J connectivity index is 1.87. The summed E-state index contributed by atoms with van der Waals surface area (Å²) in [5, 5.41) is 38.6. The molecule has 1 heterocycles. The second kappa shape index (κ2) is 7.15. The van der Waals surface area contributed by atoms with Crippen LogP contribution >= 0.6 is 0 Å². The van der Waals surface area contributed by atoms with Gasteiger partial charge in [0.1, 0.15) is 12.2 Å². The fourth-order valence-corrected chi connectivity index (χ4v) is 2.77. The first-order valence-corrected chi connectivity index (χ1v) is 7.06. The number of piperidine rings is 1. The van der Waals surface area contributed by atoms with Crippen LogP contribution in [0.3, 0.4) is 0 Å². The summed E-state index contributed by atoms with van der Waals surface area (Å²) in [4.78, 5) is 1.85. The van der Waals surface area contributed by atoms with Gasteiger partial charge in [-0.2, -0.15) is 0 Å². The number of hydrogen-bond acceptors (Lipinski definition) is 5. The minimum absolute atomic E-state index is 0.226. The molecule has 20 heavy (non-hydrogen) atoms. The van der Waals surface area contributed by atoms with Crippen molar-refractivity contribution in [3.8, 4) is 0 Å². The van der Waals surface area contributed by atoms with Gasteiger partial charge in [0.15, 0.2) is 0 Å². The maximum atomic E-state index is 9.88. The highest BCUT2D eigenvalue weighted by Gasteiger charge is 2.40. The van der Waals surface area contributed by atoms with Gasteiger partial charge in [0.05, 0.1) is 18.8 Å². The number of aryl methyl sites for hydroxylation is 1. The lowest BCUT2D eigenvalue weighted by molar-refractivity contribution is -0.145. The highest BCUT2D eigenvalue weighted by molar-refractivity contribution is 5.14. The topological polar surface area (TPSA) is 84.2 Å². The lowest BCUT2D eigenvalue weighted by Gasteiger charge is -2.43. The Morgan fingerprint density at radius 2 is 1.75 bits per heavy atom. The second-order valence-electron chi connectivity index (χ2n) is 5.38. The third-order valence-corrected chi connectivity index (χ3v) is 3.97. The summed E-state index contributed by atoms with van der Waals surface area (Å²) < 4.78 is 0. The molecule has 1 aromatic rings. The standard InChI is InChI=1S/C15H23NO4/c17-10-12-14(19)15(20)13(18)9-16(12)8-4-7-11-5-2-1-3-6-11/h1-3,5-6,12-15,17-20H,4,7-10H2/t12?,13-,14+,15+/m0/s1. The third kappa shape index (κ3) is 3.56. The molecule has 2 rings (SSSR count). The van der Waals surface area contributed by atoms with Gasteiger partial charge < -0.3 is 20.4 Å². The van der Waals surface area contributed by atoms with Gasteiger partial charge >= 0.3 is 0 Å². The van der Waals surface area contributed by atoms with E-state index in [1.54, 1.807) is 0 Å². The van der Waals surface area contributed by atoms with Crippen LogP contribution in [0.2, 0.25) is 0 Å². The zero-order chi connectivity index (χ0) is 14.5. The first kappa shape index (κ1) is 15.4. The predicted octanol–water partition coefficient (Wildman–Crippen LogP) is -0.622. The summed E-state index contributed by atoms with van der Waals surface area (Å²) in [6.07, 6.45) is -1.48. The van der Waals surface area contributed by atoms with Gasteiger partial charge in [0.2, 0.25) is 0 Å². The largest absolute Gasteiger partial charge is 0.395 e. The Labute approximate surface area is 119 Å². The van der Waals surface area contributed by atoms with E-state index in [9.17, 15) is 20.4 Å². The Morgan fingerprint density at radius 3 is 2.40 bits per heavy atom. The first-order valence-electron chi connectivity index (χ1n) is 7.06. The molecule has 0 amide bonds. The SMILES string of the molecule is OCC1[C@@H](O)[C@H](O)[C@@H](O)CN1CCCc1ccccc1. The normalized spacial score (nSPS) is 31.4. The number of rotatable bonds is 5. The Hall–Kier alpha value is -0.980. The minimum Gasteiger partial charge on any atom is -0.395 e. The molecule has 1 saturated heterocycles. The molecule has 0 aromatic heterocycles. The van der Waals surface area contributed by atoms with Gasteiger partial charge in [0.25, 0.3) is 0 Å². The number of benzene rings is 1. The molecule has 4 atom stereocenters. The van der Waals surface area contributed by atoms with Crippen molar-refractivity contribution < 1.29 is 20.4 Å². The average molecular weight is 281 g/mol. The molecular weight excluding hydrogens is 258 g/mol. The summed E-state index contributed by atoms with van der Waals surface area (Å²) in [5.74, 6) is 0. The predicted molar refractivity (Wildman–Crippen MR) is 75.2 cm³/mol. The maximum absolute atomic E-state index is 9.88. The molecule has 0 spiro atoms. The molecule has 1 aliphatic heterocycles. The number of β-amino-alcohol motifs (C(OH)–C–C–N with tert-alkyl or cyclic N) is 1. The number of aliphatic hydroxyl groups is 4. The van der Waals surface area contributed by atoms with Gasteiger partial charge in [0, 0.05) is 6.54 Å². The number of aliphatic hydroxyl groups excluding tert-OH is 4. The highest BCUT2D eigenvalue weighted by Crippen LogP contribution is 2.19. The molecule has 1 aromatic carbocycles. The van der Waals surface area contributed by atoms with Gasteiger partial charge in [-0.15, -0.1) is 0 Å². The fraction of sp³-hybridized carbons (Fsp3) is 0.600. The van der Waals surface area contributed by atoms with Crippen LogP contribution < -0.4 is 0 Å². The summed E-state index contributed by atoms with van der Waals surface area (Å²) in [5.41, 5.74) is 1.24. The van der Waals surface area contributed by atoms with Crippen molar-refractivity contribution in [2.75, 3.05) is 19.7 Å². The van der Waals surface area contributed by atoms with Crippen LogP contribution in [-0.4, -0.2) is 69.4 Å². The molecule has 5 nitrogen and oxygen atoms in total. The van der Waals surface area contributed by atoms with E-state index in [0.29, 0.717) is 6.54 Å². The molecule has 1 aliphatic rings. The molecule has 5 heteroatoms. The zero-order valence-corrected chi connectivity index (χ0v) is 11.5. The Morgan fingerprint density at radius 1 is 1.05 bits per heavy atom. The van der Waals surface area contributed by atoms with Crippen molar-refractivity contribution in [3.05, 3.63) is 35.9 Å². The summed E-state index contributed by atoms with van der Waals surface area (Å²) >= 11 is 0. The molecule has 1 fully saturated rings. The van der Waals surface area contributed by atoms with E-state index in [1.807, 2.05) is 23.1 Å². The van der Waals surface area contributed by atoms with E-state index < -0.39 is 24.4 Å².